The van der Waals surface area contributed by atoms with E-state index in [2.05, 4.69) is 30.2 Å². The third-order valence-electron chi connectivity index (χ3n) is 2.66. The Bertz CT molecular complexity index is 326. The normalized spacial score (nSPS) is 18.0. The number of rotatable bonds is 4. The minimum absolute atomic E-state index is 0.419. The smallest absolute Gasteiger partial charge is 0.205 e. The van der Waals surface area contributed by atoms with Crippen molar-refractivity contribution in [3.63, 3.8) is 0 Å². The number of piperidine rings is 1. The van der Waals surface area contributed by atoms with Crippen LogP contribution in [0.1, 0.15) is 18.7 Å². The maximum absolute atomic E-state index is 5.72. The monoisotopic (exact) mass is 305 g/mol. The molecule has 1 saturated heterocycles. The fourth-order valence-electron chi connectivity index (χ4n) is 1.84. The summed E-state index contributed by atoms with van der Waals surface area (Å²) < 4.78 is 9.93. The molecule has 4 nitrogen and oxygen atoms in total. The summed E-state index contributed by atoms with van der Waals surface area (Å²) in [5, 5.41) is 1.97. The minimum Gasteiger partial charge on any atom is -0.377 e. The standard InChI is InChI=1S/C10H16BrN3OS/c1-8-12-10(16-13-8)14-5-2-9(3-6-14)15-7-4-11/h9H,2-7H2,1H3. The summed E-state index contributed by atoms with van der Waals surface area (Å²) >= 11 is 4.87. The Labute approximate surface area is 108 Å². The number of alkyl halides is 1. The molecule has 1 aliphatic rings. The van der Waals surface area contributed by atoms with E-state index in [1.54, 1.807) is 0 Å². The Morgan fingerprint density at radius 2 is 2.25 bits per heavy atom. The Balaban J connectivity index is 1.81. The van der Waals surface area contributed by atoms with E-state index in [0.29, 0.717) is 6.10 Å². The fraction of sp³-hybridized carbons (Fsp3) is 0.800. The molecule has 0 spiro atoms. The topological polar surface area (TPSA) is 38.2 Å². The Morgan fingerprint density at radius 3 is 2.81 bits per heavy atom. The largest absolute Gasteiger partial charge is 0.377 e. The summed E-state index contributed by atoms with van der Waals surface area (Å²) in [5.74, 6) is 0.873. The summed E-state index contributed by atoms with van der Waals surface area (Å²) in [7, 11) is 0. The quantitative estimate of drug-likeness (QED) is 0.800. The lowest BCUT2D eigenvalue weighted by Crippen LogP contribution is -2.37. The van der Waals surface area contributed by atoms with Crippen molar-refractivity contribution in [2.45, 2.75) is 25.9 Å². The molecule has 6 heteroatoms. The van der Waals surface area contributed by atoms with Gasteiger partial charge in [0.25, 0.3) is 0 Å². The second-order valence-electron chi connectivity index (χ2n) is 3.87. The van der Waals surface area contributed by atoms with Crippen molar-refractivity contribution in [2.75, 3.05) is 29.9 Å². The lowest BCUT2D eigenvalue weighted by Gasteiger charge is -2.31. The first-order chi connectivity index (χ1) is 7.79. The van der Waals surface area contributed by atoms with Crippen LogP contribution in [-0.4, -0.2) is 40.5 Å². The predicted octanol–water partition coefficient (Wildman–Crippen LogP) is 2.23. The van der Waals surface area contributed by atoms with Crippen LogP contribution in [0.2, 0.25) is 0 Å². The number of anilines is 1. The van der Waals surface area contributed by atoms with Crippen molar-refractivity contribution in [1.82, 2.24) is 9.36 Å². The molecule has 1 fully saturated rings. The molecule has 0 aliphatic carbocycles. The molecular weight excluding hydrogens is 290 g/mol. The average molecular weight is 306 g/mol. The molecule has 0 unspecified atom stereocenters. The molecule has 0 aromatic carbocycles. The van der Waals surface area contributed by atoms with Crippen molar-refractivity contribution < 1.29 is 4.74 Å². The highest BCUT2D eigenvalue weighted by molar-refractivity contribution is 9.09. The molecule has 0 saturated carbocycles. The van der Waals surface area contributed by atoms with Gasteiger partial charge >= 0.3 is 0 Å². The summed E-state index contributed by atoms with van der Waals surface area (Å²) in [6.45, 7) is 4.80. The minimum atomic E-state index is 0.419. The van der Waals surface area contributed by atoms with Gasteiger partial charge in [-0.3, -0.25) is 0 Å². The SMILES string of the molecule is Cc1nsc(N2CCC(OCCBr)CC2)n1. The lowest BCUT2D eigenvalue weighted by molar-refractivity contribution is 0.0481. The third kappa shape index (κ3) is 3.15. The van der Waals surface area contributed by atoms with Crippen molar-refractivity contribution >= 4 is 32.6 Å². The lowest BCUT2D eigenvalue weighted by atomic mass is 10.1. The fourth-order valence-corrected chi connectivity index (χ4v) is 2.75. The number of nitrogens with zero attached hydrogens (tertiary/aromatic N) is 3. The van der Waals surface area contributed by atoms with Crippen LogP contribution < -0.4 is 4.90 Å². The number of ether oxygens (including phenoxy) is 1. The van der Waals surface area contributed by atoms with Crippen LogP contribution in [0.4, 0.5) is 5.13 Å². The third-order valence-corrected chi connectivity index (χ3v) is 3.85. The van der Waals surface area contributed by atoms with Gasteiger partial charge in [-0.2, -0.15) is 4.37 Å². The van der Waals surface area contributed by atoms with Crippen molar-refractivity contribution in [3.05, 3.63) is 5.82 Å². The first-order valence-electron chi connectivity index (χ1n) is 5.52. The molecule has 2 rings (SSSR count). The van der Waals surface area contributed by atoms with Gasteiger partial charge in [0.05, 0.1) is 12.7 Å². The van der Waals surface area contributed by atoms with Crippen molar-refractivity contribution in [3.8, 4) is 0 Å². The zero-order valence-electron chi connectivity index (χ0n) is 9.36. The molecular formula is C10H16BrN3OS. The van der Waals surface area contributed by atoms with Crippen LogP contribution in [0.25, 0.3) is 0 Å². The number of hydrogen-bond donors (Lipinski definition) is 0. The Hall–Kier alpha value is -0.200. The molecule has 0 amide bonds. The number of halogens is 1. The molecule has 90 valence electrons. The maximum atomic E-state index is 5.72. The van der Waals surface area contributed by atoms with Crippen molar-refractivity contribution in [1.29, 1.82) is 0 Å². The second kappa shape index (κ2) is 5.93. The van der Waals surface area contributed by atoms with E-state index >= 15 is 0 Å². The summed E-state index contributed by atoms with van der Waals surface area (Å²) in [6, 6.07) is 0. The van der Waals surface area contributed by atoms with Crippen LogP contribution in [0.15, 0.2) is 0 Å². The molecule has 2 heterocycles. The zero-order chi connectivity index (χ0) is 11.4. The summed E-state index contributed by atoms with van der Waals surface area (Å²) in [4.78, 5) is 6.71. The number of hydrogen-bond acceptors (Lipinski definition) is 5. The van der Waals surface area contributed by atoms with E-state index in [0.717, 1.165) is 48.8 Å². The van der Waals surface area contributed by atoms with Crippen LogP contribution in [-0.2, 0) is 4.74 Å². The van der Waals surface area contributed by atoms with E-state index in [1.165, 1.54) is 11.5 Å². The maximum Gasteiger partial charge on any atom is 0.205 e. The highest BCUT2D eigenvalue weighted by atomic mass is 79.9. The summed E-state index contributed by atoms with van der Waals surface area (Å²) in [5.41, 5.74) is 0. The summed E-state index contributed by atoms with van der Waals surface area (Å²) in [6.07, 6.45) is 2.60. The predicted molar refractivity (Wildman–Crippen MR) is 69.6 cm³/mol. The molecule has 0 atom stereocenters. The Morgan fingerprint density at radius 1 is 1.50 bits per heavy atom. The van der Waals surface area contributed by atoms with E-state index < -0.39 is 0 Å². The van der Waals surface area contributed by atoms with E-state index in [-0.39, 0.29) is 0 Å². The molecule has 0 N–H and O–H groups in total. The van der Waals surface area contributed by atoms with Gasteiger partial charge < -0.3 is 9.64 Å². The molecule has 1 aromatic rings. The van der Waals surface area contributed by atoms with E-state index in [4.69, 9.17) is 4.74 Å². The van der Waals surface area contributed by atoms with Gasteiger partial charge in [0.1, 0.15) is 5.82 Å². The number of aryl methyl sites for hydroxylation is 1. The second-order valence-corrected chi connectivity index (χ2v) is 5.39. The van der Waals surface area contributed by atoms with Crippen LogP contribution in [0, 0.1) is 6.92 Å². The first-order valence-corrected chi connectivity index (χ1v) is 7.42. The van der Waals surface area contributed by atoms with Gasteiger partial charge in [-0.25, -0.2) is 4.98 Å². The van der Waals surface area contributed by atoms with Crippen LogP contribution >= 0.6 is 27.5 Å². The first kappa shape index (κ1) is 12.3. The molecule has 0 radical (unpaired) electrons. The molecule has 16 heavy (non-hydrogen) atoms. The van der Waals surface area contributed by atoms with Gasteiger partial charge in [0.15, 0.2) is 0 Å². The number of aromatic nitrogens is 2. The van der Waals surface area contributed by atoms with Gasteiger partial charge in [0, 0.05) is 30.0 Å². The van der Waals surface area contributed by atoms with Gasteiger partial charge in [-0.05, 0) is 19.8 Å². The van der Waals surface area contributed by atoms with Gasteiger partial charge in [-0.1, -0.05) is 15.9 Å². The Kier molecular flexibility index (Phi) is 4.55. The van der Waals surface area contributed by atoms with Crippen LogP contribution in [0.3, 0.4) is 0 Å². The van der Waals surface area contributed by atoms with Gasteiger partial charge in [-0.15, -0.1) is 0 Å². The average Bonchev–Trinajstić information content (AvgIpc) is 2.74. The molecule has 1 aliphatic heterocycles. The zero-order valence-corrected chi connectivity index (χ0v) is 11.8. The molecule has 1 aromatic heterocycles. The van der Waals surface area contributed by atoms with E-state index in [9.17, 15) is 0 Å². The highest BCUT2D eigenvalue weighted by Gasteiger charge is 2.21. The van der Waals surface area contributed by atoms with Crippen LogP contribution in [0.5, 0.6) is 0 Å². The van der Waals surface area contributed by atoms with Crippen molar-refractivity contribution in [2.24, 2.45) is 0 Å². The highest BCUT2D eigenvalue weighted by Crippen LogP contribution is 2.22. The molecule has 0 bridgehead atoms. The van der Waals surface area contributed by atoms with E-state index in [1.807, 2.05) is 6.92 Å². The van der Waals surface area contributed by atoms with Gasteiger partial charge in [0.2, 0.25) is 5.13 Å².